The van der Waals surface area contributed by atoms with E-state index < -0.39 is 0 Å². The second-order valence-corrected chi connectivity index (χ2v) is 7.22. The number of aryl methyl sites for hydroxylation is 2. The molecule has 0 radical (unpaired) electrons. The van der Waals surface area contributed by atoms with Crippen molar-refractivity contribution in [3.63, 3.8) is 0 Å². The van der Waals surface area contributed by atoms with Crippen molar-refractivity contribution in [3.8, 4) is 5.88 Å². The van der Waals surface area contributed by atoms with Gasteiger partial charge in [-0.1, -0.05) is 60.3 Å². The van der Waals surface area contributed by atoms with Gasteiger partial charge in [0.05, 0.1) is 0 Å². The summed E-state index contributed by atoms with van der Waals surface area (Å²) in [7, 11) is 0. The number of amides is 1. The zero-order chi connectivity index (χ0) is 19.9. The summed E-state index contributed by atoms with van der Waals surface area (Å²) in [6, 6.07) is 15.9. The Bertz CT molecular complexity index is 961. The highest BCUT2D eigenvalue weighted by Gasteiger charge is 2.16. The lowest BCUT2D eigenvalue weighted by Gasteiger charge is -2.12. The third-order valence-electron chi connectivity index (χ3n) is 4.40. The molecule has 5 nitrogen and oxygen atoms in total. The van der Waals surface area contributed by atoms with Crippen LogP contribution < -0.4 is 10.1 Å². The first-order valence-corrected chi connectivity index (χ1v) is 10.2. The van der Waals surface area contributed by atoms with Crippen LogP contribution in [0.2, 0.25) is 0 Å². The first-order chi connectivity index (χ1) is 13.6. The highest BCUT2D eigenvalue weighted by molar-refractivity contribution is 7.98. The Morgan fingerprint density at radius 2 is 1.86 bits per heavy atom. The minimum atomic E-state index is -0.258. The van der Waals surface area contributed by atoms with Crippen LogP contribution in [0.5, 0.6) is 5.88 Å². The topological polar surface area (TPSA) is 64.1 Å². The summed E-state index contributed by atoms with van der Waals surface area (Å²) >= 11 is 1.41. The maximum absolute atomic E-state index is 12.7. The molecule has 1 amide bonds. The molecule has 0 aliphatic carbocycles. The third kappa shape index (κ3) is 5.10. The number of carbonyl (C=O) groups is 1. The molecule has 1 N–H and O–H groups in total. The van der Waals surface area contributed by atoms with Crippen molar-refractivity contribution in [1.29, 1.82) is 0 Å². The molecular formula is C22H23N3O2S. The van der Waals surface area contributed by atoms with Crippen molar-refractivity contribution in [2.24, 2.45) is 0 Å². The van der Waals surface area contributed by atoms with Crippen LogP contribution in [0.25, 0.3) is 0 Å². The second kappa shape index (κ2) is 9.37. The molecule has 2 aromatic carbocycles. The van der Waals surface area contributed by atoms with E-state index in [1.54, 1.807) is 0 Å². The second-order valence-electron chi connectivity index (χ2n) is 6.45. The molecular weight excluding hydrogens is 370 g/mol. The fourth-order valence-corrected chi connectivity index (χ4v) is 2.97. The van der Waals surface area contributed by atoms with Gasteiger partial charge in [0.15, 0.2) is 5.16 Å². The molecule has 28 heavy (non-hydrogen) atoms. The molecule has 6 heteroatoms. The van der Waals surface area contributed by atoms with E-state index in [0.717, 1.165) is 11.1 Å². The molecule has 0 aliphatic heterocycles. The molecule has 1 aromatic heterocycles. The lowest BCUT2D eigenvalue weighted by Crippen LogP contribution is -2.24. The van der Waals surface area contributed by atoms with Crippen molar-refractivity contribution >= 4 is 17.7 Å². The van der Waals surface area contributed by atoms with E-state index in [4.69, 9.17) is 4.74 Å². The van der Waals surface area contributed by atoms with Gasteiger partial charge in [-0.05, 0) is 42.4 Å². The van der Waals surface area contributed by atoms with Crippen molar-refractivity contribution in [2.75, 3.05) is 6.26 Å². The van der Waals surface area contributed by atoms with Crippen molar-refractivity contribution in [1.82, 2.24) is 15.3 Å². The van der Waals surface area contributed by atoms with E-state index >= 15 is 0 Å². The van der Waals surface area contributed by atoms with Gasteiger partial charge in [-0.15, -0.1) is 0 Å². The van der Waals surface area contributed by atoms with Gasteiger partial charge in [0.1, 0.15) is 12.2 Å². The number of benzene rings is 2. The summed E-state index contributed by atoms with van der Waals surface area (Å²) in [5, 5.41) is 3.47. The third-order valence-corrected chi connectivity index (χ3v) is 4.96. The number of thioether (sulfide) groups is 1. The summed E-state index contributed by atoms with van der Waals surface area (Å²) in [5.41, 5.74) is 4.82. The number of hydrogen-bond acceptors (Lipinski definition) is 5. The monoisotopic (exact) mass is 393 g/mol. The zero-order valence-corrected chi connectivity index (χ0v) is 17.0. The van der Waals surface area contributed by atoms with Crippen LogP contribution in [0.15, 0.2) is 59.9 Å². The summed E-state index contributed by atoms with van der Waals surface area (Å²) in [6.45, 7) is 4.91. The predicted molar refractivity (Wildman–Crippen MR) is 112 cm³/mol. The lowest BCUT2D eigenvalue weighted by molar-refractivity contribution is 0.0944. The Labute approximate surface area is 169 Å². The van der Waals surface area contributed by atoms with Gasteiger partial charge in [-0.25, -0.2) is 4.98 Å². The normalized spacial score (nSPS) is 10.5. The smallest absolute Gasteiger partial charge is 0.258 e. The largest absolute Gasteiger partial charge is 0.472 e. The number of nitrogens with zero attached hydrogens (tertiary/aromatic N) is 2. The quantitative estimate of drug-likeness (QED) is 0.478. The average molecular weight is 394 g/mol. The summed E-state index contributed by atoms with van der Waals surface area (Å²) < 4.78 is 5.91. The van der Waals surface area contributed by atoms with Crippen molar-refractivity contribution in [3.05, 3.63) is 82.5 Å². The van der Waals surface area contributed by atoms with E-state index in [1.165, 1.54) is 29.1 Å². The minimum absolute atomic E-state index is 0.258. The van der Waals surface area contributed by atoms with Gasteiger partial charge in [0.25, 0.3) is 5.91 Å². The summed E-state index contributed by atoms with van der Waals surface area (Å²) in [4.78, 5) is 21.3. The molecule has 3 aromatic rings. The summed E-state index contributed by atoms with van der Waals surface area (Å²) in [5.74, 6) is 0.0368. The average Bonchev–Trinajstić information content (AvgIpc) is 2.73. The molecule has 3 rings (SSSR count). The Hall–Kier alpha value is -2.86. The van der Waals surface area contributed by atoms with E-state index in [-0.39, 0.29) is 5.91 Å². The number of ether oxygens (including phenoxy) is 1. The lowest BCUT2D eigenvalue weighted by atomic mass is 10.1. The molecule has 0 spiro atoms. The zero-order valence-electron chi connectivity index (χ0n) is 16.2. The van der Waals surface area contributed by atoms with Crippen LogP contribution in [0.4, 0.5) is 0 Å². The molecule has 1 heterocycles. The molecule has 0 atom stereocenters. The number of rotatable bonds is 7. The molecule has 0 bridgehead atoms. The van der Waals surface area contributed by atoms with Gasteiger partial charge in [-0.3, -0.25) is 4.79 Å². The van der Waals surface area contributed by atoms with Crippen LogP contribution in [-0.4, -0.2) is 22.1 Å². The SMILES string of the molecule is CSc1ncc(C(=O)NCc2ccccc2)c(OCc2ccc(C)c(C)c2)n1. The fraction of sp³-hybridized carbons (Fsp3) is 0.227. The molecule has 0 aliphatic rings. The van der Waals surface area contributed by atoms with Crippen LogP contribution in [0.1, 0.15) is 32.6 Å². The van der Waals surface area contributed by atoms with Gasteiger partial charge in [0.2, 0.25) is 5.88 Å². The van der Waals surface area contributed by atoms with E-state index in [0.29, 0.717) is 29.8 Å². The predicted octanol–water partition coefficient (Wildman–Crippen LogP) is 4.32. The Morgan fingerprint density at radius 1 is 1.07 bits per heavy atom. The molecule has 0 unspecified atom stereocenters. The molecule has 0 saturated carbocycles. The van der Waals surface area contributed by atoms with Crippen molar-refractivity contribution in [2.45, 2.75) is 32.2 Å². The van der Waals surface area contributed by atoms with Gasteiger partial charge in [-0.2, -0.15) is 4.98 Å². The summed E-state index contributed by atoms with van der Waals surface area (Å²) in [6.07, 6.45) is 3.41. The minimum Gasteiger partial charge on any atom is -0.472 e. The van der Waals surface area contributed by atoms with Crippen LogP contribution >= 0.6 is 11.8 Å². The maximum atomic E-state index is 12.7. The number of hydrogen-bond donors (Lipinski definition) is 1. The first kappa shape index (κ1) is 19.9. The van der Waals surface area contributed by atoms with Crippen LogP contribution in [-0.2, 0) is 13.2 Å². The first-order valence-electron chi connectivity index (χ1n) is 8.99. The van der Waals surface area contributed by atoms with Gasteiger partial charge in [0, 0.05) is 12.7 Å². The standard InChI is InChI=1S/C22H23N3O2S/c1-15-9-10-18(11-16(15)2)14-27-21-19(13-24-22(25-21)28-3)20(26)23-12-17-7-5-4-6-8-17/h4-11,13H,12,14H2,1-3H3,(H,23,26). The maximum Gasteiger partial charge on any atom is 0.258 e. The molecule has 144 valence electrons. The van der Waals surface area contributed by atoms with Crippen LogP contribution in [0, 0.1) is 13.8 Å². The Kier molecular flexibility index (Phi) is 6.66. The number of nitrogens with one attached hydrogen (secondary N) is 1. The number of aromatic nitrogens is 2. The van der Waals surface area contributed by atoms with Gasteiger partial charge < -0.3 is 10.1 Å². The van der Waals surface area contributed by atoms with Gasteiger partial charge >= 0.3 is 0 Å². The van der Waals surface area contributed by atoms with Crippen molar-refractivity contribution < 1.29 is 9.53 Å². The highest BCUT2D eigenvalue weighted by Crippen LogP contribution is 2.21. The number of carbonyl (C=O) groups excluding carboxylic acids is 1. The molecule has 0 saturated heterocycles. The van der Waals surface area contributed by atoms with E-state index in [9.17, 15) is 4.79 Å². The molecule has 0 fully saturated rings. The Morgan fingerprint density at radius 3 is 2.57 bits per heavy atom. The van der Waals surface area contributed by atoms with E-state index in [1.807, 2.05) is 42.7 Å². The highest BCUT2D eigenvalue weighted by atomic mass is 32.2. The van der Waals surface area contributed by atoms with E-state index in [2.05, 4.69) is 41.3 Å². The Balaban J connectivity index is 1.75. The van der Waals surface area contributed by atoms with Crippen LogP contribution in [0.3, 0.4) is 0 Å². The fourth-order valence-electron chi connectivity index (χ4n) is 2.63.